The maximum atomic E-state index is 10.7. The largest absolute Gasteiger partial charge is 0.412 e. The van der Waals surface area contributed by atoms with Crippen LogP contribution in [0.2, 0.25) is 0 Å². The fourth-order valence-corrected chi connectivity index (χ4v) is 0.685. The van der Waals surface area contributed by atoms with E-state index in [1.807, 2.05) is 0 Å². The molecule has 3 heteroatoms. The van der Waals surface area contributed by atoms with E-state index in [9.17, 15) is 4.79 Å². The van der Waals surface area contributed by atoms with Crippen LogP contribution in [0.15, 0.2) is 12.7 Å². The van der Waals surface area contributed by atoms with Crippen LogP contribution in [0.5, 0.6) is 0 Å². The zero-order valence-electron chi connectivity index (χ0n) is 8.17. The van der Waals surface area contributed by atoms with Crippen LogP contribution in [0.25, 0.3) is 0 Å². The third-order valence-corrected chi connectivity index (χ3v) is 2.21. The molecule has 0 saturated heterocycles. The zero-order chi connectivity index (χ0) is 9.61. The van der Waals surface area contributed by atoms with Crippen molar-refractivity contribution in [3.8, 4) is 0 Å². The van der Waals surface area contributed by atoms with Crippen molar-refractivity contribution in [3.63, 3.8) is 0 Å². The number of carbonyl (C=O) groups is 1. The molecular weight excluding hydrogens is 154 g/mol. The Morgan fingerprint density at radius 3 is 2.33 bits per heavy atom. The van der Waals surface area contributed by atoms with Gasteiger partial charge < -0.3 is 4.74 Å². The highest BCUT2D eigenvalue weighted by atomic mass is 16.5. The molecule has 0 aliphatic carbocycles. The first kappa shape index (κ1) is 11.2. The number of hydrogen-bond acceptors (Lipinski definition) is 2. The van der Waals surface area contributed by atoms with Crippen LogP contribution in [-0.4, -0.2) is 37.3 Å². The van der Waals surface area contributed by atoms with Crippen molar-refractivity contribution in [3.05, 3.63) is 12.7 Å². The molecule has 0 aromatic carbocycles. The zero-order valence-corrected chi connectivity index (χ0v) is 8.17. The van der Waals surface area contributed by atoms with Crippen molar-refractivity contribution in [2.45, 2.75) is 13.8 Å². The molecule has 0 rings (SSSR count). The predicted molar refractivity (Wildman–Crippen MR) is 48.4 cm³/mol. The van der Waals surface area contributed by atoms with E-state index in [-0.39, 0.29) is 5.97 Å². The van der Waals surface area contributed by atoms with E-state index in [1.54, 1.807) is 0 Å². The van der Waals surface area contributed by atoms with Gasteiger partial charge in [0.2, 0.25) is 6.73 Å². The summed E-state index contributed by atoms with van der Waals surface area (Å²) in [5.74, 6) is -0.346. The van der Waals surface area contributed by atoms with Crippen LogP contribution in [0.1, 0.15) is 13.8 Å². The molecule has 0 aliphatic heterocycles. The van der Waals surface area contributed by atoms with Crippen LogP contribution >= 0.6 is 0 Å². The molecule has 0 N–H and O–H groups in total. The van der Waals surface area contributed by atoms with Crippen molar-refractivity contribution in [2.75, 3.05) is 26.9 Å². The number of hydrogen-bond donors (Lipinski definition) is 0. The van der Waals surface area contributed by atoms with Crippen LogP contribution in [-0.2, 0) is 9.53 Å². The topological polar surface area (TPSA) is 26.3 Å². The summed E-state index contributed by atoms with van der Waals surface area (Å²) < 4.78 is 5.70. The summed E-state index contributed by atoms with van der Waals surface area (Å²) >= 11 is 0. The van der Waals surface area contributed by atoms with Gasteiger partial charge in [-0.1, -0.05) is 6.58 Å². The second kappa shape index (κ2) is 4.93. The molecule has 0 bridgehead atoms. The highest BCUT2D eigenvalue weighted by Gasteiger charge is 2.17. The smallest absolute Gasteiger partial charge is 0.334 e. The summed E-state index contributed by atoms with van der Waals surface area (Å²) in [5, 5.41) is 0. The molecule has 0 atom stereocenters. The molecular formula is C9H18NO2+. The Hall–Kier alpha value is -0.830. The van der Waals surface area contributed by atoms with E-state index in [0.29, 0.717) is 6.73 Å². The normalized spacial score (nSPS) is 10.9. The fraction of sp³-hybridized carbons (Fsp3) is 0.667. The Kier molecular flexibility index (Phi) is 4.59. The maximum absolute atomic E-state index is 10.7. The number of ether oxygens (including phenoxy) is 1. The van der Waals surface area contributed by atoms with E-state index in [2.05, 4.69) is 27.5 Å². The van der Waals surface area contributed by atoms with Crippen LogP contribution in [0, 0.1) is 0 Å². The number of carbonyl (C=O) groups excluding carboxylic acids is 1. The molecule has 0 aromatic heterocycles. The first-order chi connectivity index (χ1) is 5.58. The molecule has 0 spiro atoms. The quantitative estimate of drug-likeness (QED) is 0.269. The summed E-state index contributed by atoms with van der Waals surface area (Å²) in [7, 11) is 2.05. The fourth-order valence-electron chi connectivity index (χ4n) is 0.685. The third-order valence-electron chi connectivity index (χ3n) is 2.21. The van der Waals surface area contributed by atoms with E-state index >= 15 is 0 Å². The molecule has 0 unspecified atom stereocenters. The van der Waals surface area contributed by atoms with Gasteiger partial charge in [0, 0.05) is 6.08 Å². The predicted octanol–water partition coefficient (Wildman–Crippen LogP) is 1.16. The standard InChI is InChI=1S/C9H18NO2/c1-5-9(11)12-8-10(4,6-2)7-3/h5H,1,6-8H2,2-4H3/q+1. The highest BCUT2D eigenvalue weighted by molar-refractivity contribution is 5.81. The number of nitrogens with zero attached hydrogens (tertiary/aromatic N) is 1. The summed E-state index contributed by atoms with van der Waals surface area (Å²) in [6.45, 7) is 9.83. The first-order valence-corrected chi connectivity index (χ1v) is 4.20. The summed E-state index contributed by atoms with van der Waals surface area (Å²) in [4.78, 5) is 10.7. The minimum absolute atomic E-state index is 0.346. The van der Waals surface area contributed by atoms with Crippen LogP contribution < -0.4 is 0 Å². The van der Waals surface area contributed by atoms with Gasteiger partial charge in [0.05, 0.1) is 20.1 Å². The average Bonchev–Trinajstić information content (AvgIpc) is 2.13. The first-order valence-electron chi connectivity index (χ1n) is 4.20. The van der Waals surface area contributed by atoms with Crippen molar-refractivity contribution in [1.82, 2.24) is 0 Å². The molecule has 0 amide bonds. The van der Waals surface area contributed by atoms with Crippen molar-refractivity contribution in [2.24, 2.45) is 0 Å². The van der Waals surface area contributed by atoms with Crippen molar-refractivity contribution >= 4 is 5.97 Å². The SMILES string of the molecule is C=CC(=O)OC[N+](C)(CC)CC. The minimum atomic E-state index is -0.346. The van der Waals surface area contributed by atoms with Gasteiger partial charge in [0.25, 0.3) is 0 Å². The highest BCUT2D eigenvalue weighted by Crippen LogP contribution is 2.00. The lowest BCUT2D eigenvalue weighted by atomic mass is 10.4. The molecule has 0 saturated carbocycles. The summed E-state index contributed by atoms with van der Waals surface area (Å²) in [6.07, 6.45) is 1.19. The lowest BCUT2D eigenvalue weighted by Gasteiger charge is -2.30. The van der Waals surface area contributed by atoms with E-state index < -0.39 is 0 Å². The Morgan fingerprint density at radius 2 is 2.00 bits per heavy atom. The van der Waals surface area contributed by atoms with Gasteiger partial charge in [-0.3, -0.25) is 4.48 Å². The van der Waals surface area contributed by atoms with Crippen molar-refractivity contribution in [1.29, 1.82) is 0 Å². The molecule has 0 radical (unpaired) electrons. The molecule has 12 heavy (non-hydrogen) atoms. The lowest BCUT2D eigenvalue weighted by Crippen LogP contribution is -2.45. The van der Waals surface area contributed by atoms with Crippen LogP contribution in [0.4, 0.5) is 0 Å². The Balaban J connectivity index is 3.88. The van der Waals surface area contributed by atoms with E-state index in [4.69, 9.17) is 4.74 Å². The molecule has 0 fully saturated rings. The molecule has 70 valence electrons. The molecule has 3 nitrogen and oxygen atoms in total. The number of esters is 1. The van der Waals surface area contributed by atoms with Gasteiger partial charge in [0.1, 0.15) is 0 Å². The van der Waals surface area contributed by atoms with E-state index in [0.717, 1.165) is 17.6 Å². The third kappa shape index (κ3) is 3.53. The second-order valence-corrected chi connectivity index (χ2v) is 3.05. The van der Waals surface area contributed by atoms with Gasteiger partial charge in [-0.25, -0.2) is 4.79 Å². The summed E-state index contributed by atoms with van der Waals surface area (Å²) in [6, 6.07) is 0. The number of rotatable bonds is 5. The molecule has 0 heterocycles. The van der Waals surface area contributed by atoms with E-state index in [1.165, 1.54) is 6.08 Å². The van der Waals surface area contributed by atoms with Gasteiger partial charge in [-0.05, 0) is 13.8 Å². The molecule has 0 aliphatic rings. The Bertz CT molecular complexity index is 162. The van der Waals surface area contributed by atoms with Gasteiger partial charge in [-0.2, -0.15) is 0 Å². The van der Waals surface area contributed by atoms with Gasteiger partial charge >= 0.3 is 5.97 Å². The minimum Gasteiger partial charge on any atom is -0.412 e. The van der Waals surface area contributed by atoms with Crippen LogP contribution in [0.3, 0.4) is 0 Å². The average molecular weight is 172 g/mol. The molecule has 0 aromatic rings. The maximum Gasteiger partial charge on any atom is 0.334 e. The Morgan fingerprint density at radius 1 is 1.50 bits per heavy atom. The van der Waals surface area contributed by atoms with Gasteiger partial charge in [0.15, 0.2) is 0 Å². The monoisotopic (exact) mass is 172 g/mol. The second-order valence-electron chi connectivity index (χ2n) is 3.05. The summed E-state index contributed by atoms with van der Waals surface area (Å²) in [5.41, 5.74) is 0. The Labute approximate surface area is 74.2 Å². The lowest BCUT2D eigenvalue weighted by molar-refractivity contribution is -0.922. The number of quaternary nitrogens is 1. The van der Waals surface area contributed by atoms with Gasteiger partial charge in [-0.15, -0.1) is 0 Å². The van der Waals surface area contributed by atoms with Crippen molar-refractivity contribution < 1.29 is 14.0 Å².